The Morgan fingerprint density at radius 3 is 2.26 bits per heavy atom. The van der Waals surface area contributed by atoms with Crippen molar-refractivity contribution >= 4 is 29.1 Å². The van der Waals surface area contributed by atoms with Crippen molar-refractivity contribution in [3.8, 4) is 0 Å². The van der Waals surface area contributed by atoms with Crippen LogP contribution in [0.1, 0.15) is 6.42 Å². The fourth-order valence-electron chi connectivity index (χ4n) is 1.43. The molecule has 0 aliphatic carbocycles. The van der Waals surface area contributed by atoms with E-state index in [-0.39, 0.29) is 11.4 Å². The molecule has 0 fully saturated rings. The van der Waals surface area contributed by atoms with Crippen LogP contribution in [0.5, 0.6) is 0 Å². The molecule has 0 amide bonds. The lowest BCUT2D eigenvalue weighted by Crippen LogP contribution is -2.31. The van der Waals surface area contributed by atoms with Crippen LogP contribution >= 0.6 is 0 Å². The van der Waals surface area contributed by atoms with E-state index in [1.807, 2.05) is 0 Å². The van der Waals surface area contributed by atoms with Crippen molar-refractivity contribution in [3.63, 3.8) is 0 Å². The van der Waals surface area contributed by atoms with Gasteiger partial charge in [0.15, 0.2) is 5.78 Å². The molecule has 0 heterocycles. The molecular formula is C13H13N3O7. The Kier molecular flexibility index (Phi) is 6.46. The second kappa shape index (κ2) is 8.32. The van der Waals surface area contributed by atoms with Gasteiger partial charge < -0.3 is 9.47 Å². The third-order valence-electron chi connectivity index (χ3n) is 2.62. The standard InChI is InChI=1S/C13H13N3O7/c1-22-11(18)7-10(17)12(13(19)23-2)15-14-8-3-5-9(6-4-8)16(20)21/h3-6,12H,7H2,1-2H3. The maximum atomic E-state index is 11.8. The van der Waals surface area contributed by atoms with Crippen LogP contribution in [0.2, 0.25) is 0 Å². The lowest BCUT2D eigenvalue weighted by Gasteiger charge is -2.07. The topological polar surface area (TPSA) is 138 Å². The number of nitro benzene ring substituents is 1. The summed E-state index contributed by atoms with van der Waals surface area (Å²) in [4.78, 5) is 44.4. The normalized spacial score (nSPS) is 11.7. The number of methoxy groups -OCH3 is 2. The summed E-state index contributed by atoms with van der Waals surface area (Å²) in [6.07, 6.45) is -0.657. The van der Waals surface area contributed by atoms with Crippen LogP contribution in [-0.2, 0) is 23.9 Å². The third kappa shape index (κ3) is 5.26. The predicted octanol–water partition coefficient (Wildman–Crippen LogP) is 1.35. The zero-order valence-electron chi connectivity index (χ0n) is 12.3. The summed E-state index contributed by atoms with van der Waals surface area (Å²) >= 11 is 0. The average Bonchev–Trinajstić information content (AvgIpc) is 2.54. The quantitative estimate of drug-likeness (QED) is 0.243. The zero-order chi connectivity index (χ0) is 17.4. The van der Waals surface area contributed by atoms with Gasteiger partial charge in [-0.15, -0.1) is 0 Å². The molecule has 1 aromatic rings. The molecule has 122 valence electrons. The lowest BCUT2D eigenvalue weighted by molar-refractivity contribution is -0.384. The summed E-state index contributed by atoms with van der Waals surface area (Å²) in [6.45, 7) is 0. The molecule has 0 bridgehead atoms. The fraction of sp³-hybridized carbons (Fsp3) is 0.308. The summed E-state index contributed by atoms with van der Waals surface area (Å²) in [7, 11) is 2.16. The summed E-state index contributed by atoms with van der Waals surface area (Å²) in [5.41, 5.74) is 0.0469. The largest absolute Gasteiger partial charge is 0.469 e. The number of hydrogen-bond donors (Lipinski definition) is 0. The zero-order valence-corrected chi connectivity index (χ0v) is 12.3. The van der Waals surface area contributed by atoms with Crippen LogP contribution in [0.4, 0.5) is 11.4 Å². The molecule has 0 radical (unpaired) electrons. The summed E-state index contributed by atoms with van der Waals surface area (Å²) < 4.78 is 8.77. The van der Waals surface area contributed by atoms with E-state index < -0.39 is 35.1 Å². The molecule has 0 N–H and O–H groups in total. The highest BCUT2D eigenvalue weighted by Gasteiger charge is 2.29. The SMILES string of the molecule is COC(=O)CC(=O)C(N=Nc1ccc([N+](=O)[O-])cc1)C(=O)OC. The van der Waals surface area contributed by atoms with E-state index in [1.165, 1.54) is 24.3 Å². The minimum Gasteiger partial charge on any atom is -0.469 e. The molecule has 1 atom stereocenters. The smallest absolute Gasteiger partial charge is 0.340 e. The first-order valence-corrected chi connectivity index (χ1v) is 6.21. The van der Waals surface area contributed by atoms with Crippen LogP contribution in [0, 0.1) is 10.1 Å². The van der Waals surface area contributed by atoms with Crippen molar-refractivity contribution in [1.82, 2.24) is 0 Å². The maximum absolute atomic E-state index is 11.8. The van der Waals surface area contributed by atoms with Gasteiger partial charge in [-0.3, -0.25) is 19.7 Å². The van der Waals surface area contributed by atoms with Gasteiger partial charge in [-0.2, -0.15) is 10.2 Å². The molecule has 0 saturated carbocycles. The first kappa shape index (κ1) is 17.9. The molecule has 23 heavy (non-hydrogen) atoms. The molecule has 0 saturated heterocycles. The number of hydrogen-bond acceptors (Lipinski definition) is 9. The van der Waals surface area contributed by atoms with Crippen LogP contribution in [0.15, 0.2) is 34.5 Å². The highest BCUT2D eigenvalue weighted by atomic mass is 16.6. The Hall–Kier alpha value is -3.17. The van der Waals surface area contributed by atoms with Crippen LogP contribution in [0.25, 0.3) is 0 Å². The van der Waals surface area contributed by atoms with E-state index in [4.69, 9.17) is 0 Å². The van der Waals surface area contributed by atoms with Gasteiger partial charge in [0.25, 0.3) is 5.69 Å². The molecule has 0 aliphatic heterocycles. The van der Waals surface area contributed by atoms with Crippen LogP contribution in [-0.4, -0.2) is 42.9 Å². The van der Waals surface area contributed by atoms with Gasteiger partial charge in [-0.05, 0) is 12.1 Å². The van der Waals surface area contributed by atoms with E-state index in [2.05, 4.69) is 19.7 Å². The monoisotopic (exact) mass is 323 g/mol. The van der Waals surface area contributed by atoms with Crippen molar-refractivity contribution in [2.45, 2.75) is 12.5 Å². The minimum atomic E-state index is -1.62. The number of rotatable bonds is 7. The minimum absolute atomic E-state index is 0.143. The van der Waals surface area contributed by atoms with E-state index in [0.29, 0.717) is 0 Å². The van der Waals surface area contributed by atoms with Crippen LogP contribution < -0.4 is 0 Å². The number of carbonyl (C=O) groups is 3. The molecule has 1 aromatic carbocycles. The summed E-state index contributed by atoms with van der Waals surface area (Å²) in [5.74, 6) is -2.65. The molecule has 10 heteroatoms. The number of ketones is 1. The molecule has 0 aliphatic rings. The van der Waals surface area contributed by atoms with Gasteiger partial charge in [0.1, 0.15) is 6.42 Å². The van der Waals surface area contributed by atoms with E-state index >= 15 is 0 Å². The first-order valence-electron chi connectivity index (χ1n) is 6.21. The van der Waals surface area contributed by atoms with Crippen molar-refractivity contribution in [1.29, 1.82) is 0 Å². The van der Waals surface area contributed by atoms with Gasteiger partial charge in [0.2, 0.25) is 6.04 Å². The molecule has 0 aromatic heterocycles. The van der Waals surface area contributed by atoms with E-state index in [1.54, 1.807) is 0 Å². The number of azo groups is 1. The van der Waals surface area contributed by atoms with E-state index in [0.717, 1.165) is 14.2 Å². The Bertz CT molecular complexity index is 639. The van der Waals surface area contributed by atoms with Gasteiger partial charge in [-0.25, -0.2) is 4.79 Å². The van der Waals surface area contributed by atoms with Crippen molar-refractivity contribution < 1.29 is 28.8 Å². The lowest BCUT2D eigenvalue weighted by atomic mass is 10.1. The number of nitrogens with zero attached hydrogens (tertiary/aromatic N) is 3. The summed E-state index contributed by atoms with van der Waals surface area (Å²) in [6, 6.07) is 3.35. The Morgan fingerprint density at radius 2 is 1.78 bits per heavy atom. The number of benzene rings is 1. The Labute approximate surface area is 130 Å². The third-order valence-corrected chi connectivity index (χ3v) is 2.62. The highest BCUT2D eigenvalue weighted by molar-refractivity contribution is 6.09. The van der Waals surface area contributed by atoms with Crippen molar-refractivity contribution in [2.24, 2.45) is 10.2 Å². The van der Waals surface area contributed by atoms with Crippen LogP contribution in [0.3, 0.4) is 0 Å². The van der Waals surface area contributed by atoms with Gasteiger partial charge >= 0.3 is 11.9 Å². The molecule has 10 nitrogen and oxygen atoms in total. The second-order valence-electron chi connectivity index (χ2n) is 4.13. The second-order valence-corrected chi connectivity index (χ2v) is 4.13. The van der Waals surface area contributed by atoms with E-state index in [9.17, 15) is 24.5 Å². The molecule has 1 rings (SSSR count). The van der Waals surface area contributed by atoms with Crippen molar-refractivity contribution in [3.05, 3.63) is 34.4 Å². The highest BCUT2D eigenvalue weighted by Crippen LogP contribution is 2.19. The molecule has 1 unspecified atom stereocenters. The number of non-ortho nitro benzene ring substituents is 1. The number of nitro groups is 1. The Balaban J connectivity index is 2.91. The van der Waals surface area contributed by atoms with Crippen molar-refractivity contribution in [2.75, 3.05) is 14.2 Å². The fourth-order valence-corrected chi connectivity index (χ4v) is 1.43. The Morgan fingerprint density at radius 1 is 1.17 bits per heavy atom. The molecule has 0 spiro atoms. The summed E-state index contributed by atoms with van der Waals surface area (Å²) in [5, 5.41) is 17.7. The average molecular weight is 323 g/mol. The van der Waals surface area contributed by atoms with Gasteiger partial charge in [0, 0.05) is 12.1 Å². The molecular weight excluding hydrogens is 310 g/mol. The van der Waals surface area contributed by atoms with Gasteiger partial charge in [-0.1, -0.05) is 0 Å². The number of Topliss-reactive ketones (excluding diaryl/α,β-unsaturated/α-hetero) is 1. The van der Waals surface area contributed by atoms with Gasteiger partial charge in [0.05, 0.1) is 24.8 Å². The first-order chi connectivity index (χ1) is 10.9. The number of carbonyl (C=O) groups excluding carboxylic acids is 3. The number of ether oxygens (including phenoxy) is 2. The number of esters is 2. The predicted molar refractivity (Wildman–Crippen MR) is 75.1 cm³/mol. The maximum Gasteiger partial charge on any atom is 0.340 e.